The summed E-state index contributed by atoms with van der Waals surface area (Å²) in [6, 6.07) is 12.8. The third kappa shape index (κ3) is 7.14. The van der Waals surface area contributed by atoms with Crippen LogP contribution in [-0.2, 0) is 26.0 Å². The molecule has 0 fully saturated rings. The molecular weight excluding hydrogens is 408 g/mol. The average molecular weight is 435 g/mol. The zero-order valence-electron chi connectivity index (χ0n) is 16.8. The Kier molecular flexibility index (Phi) is 8.34. The fourth-order valence-corrected chi connectivity index (χ4v) is 4.02. The van der Waals surface area contributed by atoms with Crippen molar-refractivity contribution in [1.29, 1.82) is 0 Å². The van der Waals surface area contributed by atoms with Crippen LogP contribution in [0.15, 0.2) is 59.5 Å². The molecule has 2 rings (SSSR count). The number of nitrogens with two attached hydrogens (primary N) is 1. The van der Waals surface area contributed by atoms with Gasteiger partial charge < -0.3 is 21.1 Å². The Morgan fingerprint density at radius 3 is 2.27 bits per heavy atom. The first-order chi connectivity index (χ1) is 14.2. The van der Waals surface area contributed by atoms with Gasteiger partial charge in [0.1, 0.15) is 6.04 Å². The summed E-state index contributed by atoms with van der Waals surface area (Å²) < 4.78 is 32.2. The van der Waals surface area contributed by atoms with Crippen LogP contribution in [0, 0.1) is 0 Å². The van der Waals surface area contributed by atoms with E-state index in [2.05, 4.69) is 15.4 Å². The van der Waals surface area contributed by atoms with E-state index < -0.39 is 34.0 Å². The number of amides is 3. The molecule has 3 amide bonds. The van der Waals surface area contributed by atoms with Gasteiger partial charge in [0.25, 0.3) is 0 Å². The number of urea groups is 1. The van der Waals surface area contributed by atoms with Gasteiger partial charge in [0.05, 0.1) is 11.5 Å². The highest BCUT2D eigenvalue weighted by Crippen LogP contribution is 2.15. The maximum atomic E-state index is 12.6. The summed E-state index contributed by atoms with van der Waals surface area (Å²) in [5.41, 5.74) is 6.43. The van der Waals surface area contributed by atoms with Gasteiger partial charge >= 0.3 is 6.03 Å². The molecule has 0 unspecified atom stereocenters. The minimum atomic E-state index is -3.72. The smallest absolute Gasteiger partial charge is 0.312 e. The molecule has 30 heavy (non-hydrogen) atoms. The number of benzene rings is 2. The molecule has 0 aliphatic carbocycles. The fraction of sp³-hybridized carbons (Fsp3) is 0.300. The van der Waals surface area contributed by atoms with Gasteiger partial charge in [0, 0.05) is 25.3 Å². The highest BCUT2D eigenvalue weighted by molar-refractivity contribution is 7.89. The predicted molar refractivity (Wildman–Crippen MR) is 113 cm³/mol. The van der Waals surface area contributed by atoms with E-state index in [1.54, 1.807) is 6.92 Å². The lowest BCUT2D eigenvalue weighted by Gasteiger charge is -2.18. The first kappa shape index (κ1) is 23.3. The standard InChI is InChI=1S/C20H26N4O5S/c1-14(13-29-2)24-30(27,28)17-10-8-16(9-11-17)22-19(25)18(23-20(21)26)12-15-6-4-3-5-7-15/h3-11,14,18,24H,12-13H2,1-2H3,(H,22,25)(H3,21,23,26)/t14-,18+/m0/s1. The Labute approximate surface area is 176 Å². The second kappa shape index (κ2) is 10.7. The Balaban J connectivity index is 2.08. The average Bonchev–Trinajstić information content (AvgIpc) is 2.68. The summed E-state index contributed by atoms with van der Waals surface area (Å²) in [5.74, 6) is -0.472. The van der Waals surface area contributed by atoms with Crippen LogP contribution in [0.3, 0.4) is 0 Å². The van der Waals surface area contributed by atoms with Crippen molar-refractivity contribution in [2.75, 3.05) is 19.0 Å². The molecule has 0 saturated heterocycles. The maximum absolute atomic E-state index is 12.6. The molecule has 2 aromatic carbocycles. The number of rotatable bonds is 10. The fourth-order valence-electron chi connectivity index (χ4n) is 2.79. The monoisotopic (exact) mass is 434 g/mol. The van der Waals surface area contributed by atoms with E-state index in [9.17, 15) is 18.0 Å². The van der Waals surface area contributed by atoms with E-state index in [0.29, 0.717) is 5.69 Å². The van der Waals surface area contributed by atoms with E-state index in [-0.39, 0.29) is 17.9 Å². The normalized spacial score (nSPS) is 13.3. The van der Waals surface area contributed by atoms with Crippen molar-refractivity contribution in [3.63, 3.8) is 0 Å². The van der Waals surface area contributed by atoms with Crippen LogP contribution in [0.4, 0.5) is 10.5 Å². The first-order valence-electron chi connectivity index (χ1n) is 9.23. The topological polar surface area (TPSA) is 140 Å². The molecule has 0 saturated carbocycles. The number of methoxy groups -OCH3 is 1. The lowest BCUT2D eigenvalue weighted by Crippen LogP contribution is -2.47. The van der Waals surface area contributed by atoms with Crippen molar-refractivity contribution >= 4 is 27.6 Å². The maximum Gasteiger partial charge on any atom is 0.312 e. The van der Waals surface area contributed by atoms with Gasteiger partial charge in [-0.25, -0.2) is 17.9 Å². The number of ether oxygens (including phenoxy) is 1. The Morgan fingerprint density at radius 1 is 1.07 bits per heavy atom. The van der Waals surface area contributed by atoms with Crippen LogP contribution in [-0.4, -0.2) is 46.2 Å². The molecule has 0 aliphatic heterocycles. The minimum Gasteiger partial charge on any atom is -0.383 e. The number of nitrogens with one attached hydrogen (secondary N) is 3. The summed E-state index contributed by atoms with van der Waals surface area (Å²) in [6.07, 6.45) is 0.253. The van der Waals surface area contributed by atoms with Gasteiger partial charge in [-0.2, -0.15) is 0 Å². The van der Waals surface area contributed by atoms with Gasteiger partial charge in [0.15, 0.2) is 0 Å². The van der Waals surface area contributed by atoms with E-state index in [1.807, 2.05) is 30.3 Å². The molecule has 0 spiro atoms. The third-order valence-corrected chi connectivity index (χ3v) is 5.73. The van der Waals surface area contributed by atoms with Gasteiger partial charge in [-0.1, -0.05) is 30.3 Å². The van der Waals surface area contributed by atoms with E-state index >= 15 is 0 Å². The van der Waals surface area contributed by atoms with Crippen LogP contribution >= 0.6 is 0 Å². The SMILES string of the molecule is COC[C@H](C)NS(=O)(=O)c1ccc(NC(=O)[C@@H](Cc2ccccc2)NC(N)=O)cc1. The second-order valence-electron chi connectivity index (χ2n) is 6.74. The second-order valence-corrected chi connectivity index (χ2v) is 8.46. The van der Waals surface area contributed by atoms with Crippen molar-refractivity contribution in [2.45, 2.75) is 30.3 Å². The lowest BCUT2D eigenvalue weighted by molar-refractivity contribution is -0.117. The number of primary amides is 1. The van der Waals surface area contributed by atoms with Gasteiger partial charge in [0.2, 0.25) is 15.9 Å². The van der Waals surface area contributed by atoms with Crippen LogP contribution in [0.2, 0.25) is 0 Å². The number of sulfonamides is 1. The van der Waals surface area contributed by atoms with Gasteiger partial charge in [-0.05, 0) is 36.8 Å². The molecule has 0 heterocycles. The van der Waals surface area contributed by atoms with Crippen molar-refractivity contribution in [3.05, 3.63) is 60.2 Å². The lowest BCUT2D eigenvalue weighted by atomic mass is 10.1. The zero-order valence-corrected chi connectivity index (χ0v) is 17.6. The molecule has 0 radical (unpaired) electrons. The molecule has 9 nitrogen and oxygen atoms in total. The number of anilines is 1. The van der Waals surface area contributed by atoms with E-state index in [4.69, 9.17) is 10.5 Å². The van der Waals surface area contributed by atoms with Crippen molar-refractivity contribution in [1.82, 2.24) is 10.0 Å². The third-order valence-electron chi connectivity index (χ3n) is 4.12. The Bertz CT molecular complexity index is 949. The van der Waals surface area contributed by atoms with Gasteiger partial charge in [-0.3, -0.25) is 4.79 Å². The molecule has 0 aromatic heterocycles. The van der Waals surface area contributed by atoms with E-state index in [1.165, 1.54) is 31.4 Å². The summed E-state index contributed by atoms with van der Waals surface area (Å²) in [6.45, 7) is 1.93. The van der Waals surface area contributed by atoms with Crippen molar-refractivity contribution in [2.24, 2.45) is 5.73 Å². The highest BCUT2D eigenvalue weighted by Gasteiger charge is 2.21. The molecule has 0 bridgehead atoms. The highest BCUT2D eigenvalue weighted by atomic mass is 32.2. The molecule has 2 aromatic rings. The van der Waals surface area contributed by atoms with Crippen molar-refractivity contribution in [3.8, 4) is 0 Å². The molecule has 0 aliphatic rings. The number of carbonyl (C=O) groups is 2. The Hall–Kier alpha value is -2.95. The minimum absolute atomic E-state index is 0.0551. The quantitative estimate of drug-likeness (QED) is 0.445. The summed E-state index contributed by atoms with van der Waals surface area (Å²) in [4.78, 5) is 24.0. The Morgan fingerprint density at radius 2 is 1.70 bits per heavy atom. The van der Waals surface area contributed by atoms with E-state index in [0.717, 1.165) is 5.56 Å². The van der Waals surface area contributed by atoms with Crippen LogP contribution < -0.4 is 21.1 Å². The molecule has 162 valence electrons. The zero-order chi connectivity index (χ0) is 22.1. The summed E-state index contributed by atoms with van der Waals surface area (Å²) in [5, 5.41) is 5.09. The number of hydrogen-bond donors (Lipinski definition) is 4. The number of hydrogen-bond acceptors (Lipinski definition) is 5. The predicted octanol–water partition coefficient (Wildman–Crippen LogP) is 1.22. The number of carbonyl (C=O) groups excluding carboxylic acids is 2. The van der Waals surface area contributed by atoms with Crippen LogP contribution in [0.25, 0.3) is 0 Å². The largest absolute Gasteiger partial charge is 0.383 e. The summed E-state index contributed by atoms with van der Waals surface area (Å²) in [7, 11) is -2.23. The molecule has 2 atom stereocenters. The van der Waals surface area contributed by atoms with Crippen molar-refractivity contribution < 1.29 is 22.7 Å². The van der Waals surface area contributed by atoms with Gasteiger partial charge in [-0.15, -0.1) is 0 Å². The summed E-state index contributed by atoms with van der Waals surface area (Å²) >= 11 is 0. The molecule has 10 heteroatoms. The molecular formula is C20H26N4O5S. The van der Waals surface area contributed by atoms with Crippen LogP contribution in [0.5, 0.6) is 0 Å². The van der Waals surface area contributed by atoms with Crippen LogP contribution in [0.1, 0.15) is 12.5 Å². The molecule has 5 N–H and O–H groups in total. The first-order valence-corrected chi connectivity index (χ1v) is 10.7.